The number of nitrogens with one attached hydrogen (secondary N) is 1. The molecule has 2 amide bonds. The van der Waals surface area contributed by atoms with Crippen LogP contribution in [0.3, 0.4) is 0 Å². The van der Waals surface area contributed by atoms with Crippen molar-refractivity contribution in [3.05, 3.63) is 40.4 Å². The SMILES string of the molecule is CCCCN1C(=O)CCC(C(=O)Nc2nc(C)c(C)s2)C1c1ccccc1OC. The van der Waals surface area contributed by atoms with Gasteiger partial charge >= 0.3 is 0 Å². The summed E-state index contributed by atoms with van der Waals surface area (Å²) in [4.78, 5) is 33.5. The number of piperidine rings is 1. The van der Waals surface area contributed by atoms with Gasteiger partial charge in [0.05, 0.1) is 24.8 Å². The minimum Gasteiger partial charge on any atom is -0.496 e. The second-order valence-electron chi connectivity index (χ2n) is 7.42. The molecule has 0 bridgehead atoms. The lowest BCUT2D eigenvalue weighted by molar-refractivity contribution is -0.142. The Bertz CT molecular complexity index is 860. The molecule has 7 heteroatoms. The van der Waals surface area contributed by atoms with Crippen LogP contribution in [0.2, 0.25) is 0 Å². The number of ether oxygens (including phenoxy) is 1. The number of benzene rings is 1. The molecule has 1 aliphatic rings. The van der Waals surface area contributed by atoms with E-state index in [9.17, 15) is 9.59 Å². The predicted molar refractivity (Wildman–Crippen MR) is 115 cm³/mol. The zero-order chi connectivity index (χ0) is 21.0. The number of likely N-dealkylation sites (tertiary alicyclic amines) is 1. The normalized spacial score (nSPS) is 19.3. The third-order valence-electron chi connectivity index (χ3n) is 5.51. The Hall–Kier alpha value is -2.41. The van der Waals surface area contributed by atoms with Crippen LogP contribution < -0.4 is 10.1 Å². The van der Waals surface area contributed by atoms with Crippen LogP contribution in [-0.2, 0) is 9.59 Å². The summed E-state index contributed by atoms with van der Waals surface area (Å²) < 4.78 is 5.57. The van der Waals surface area contributed by atoms with Crippen molar-refractivity contribution in [2.24, 2.45) is 5.92 Å². The van der Waals surface area contributed by atoms with Crippen LogP contribution in [0.25, 0.3) is 0 Å². The number of carbonyl (C=O) groups is 2. The fraction of sp³-hybridized carbons (Fsp3) is 0.500. The van der Waals surface area contributed by atoms with Crippen LogP contribution in [-0.4, -0.2) is 35.4 Å². The summed E-state index contributed by atoms with van der Waals surface area (Å²) in [6.07, 6.45) is 2.77. The number of rotatable bonds is 7. The van der Waals surface area contributed by atoms with Crippen molar-refractivity contribution >= 4 is 28.3 Å². The largest absolute Gasteiger partial charge is 0.496 e. The van der Waals surface area contributed by atoms with E-state index >= 15 is 0 Å². The second kappa shape index (κ2) is 9.39. The van der Waals surface area contributed by atoms with E-state index in [-0.39, 0.29) is 23.8 Å². The van der Waals surface area contributed by atoms with Crippen LogP contribution in [0.5, 0.6) is 5.75 Å². The number of nitrogens with zero attached hydrogens (tertiary/aromatic N) is 2. The van der Waals surface area contributed by atoms with Crippen molar-refractivity contribution in [1.82, 2.24) is 9.88 Å². The van der Waals surface area contributed by atoms with Gasteiger partial charge in [0.1, 0.15) is 5.75 Å². The van der Waals surface area contributed by atoms with Gasteiger partial charge in [0, 0.05) is 23.4 Å². The predicted octanol–water partition coefficient (Wildman–Crippen LogP) is 4.49. The Kier molecular flexibility index (Phi) is 6.90. The van der Waals surface area contributed by atoms with Gasteiger partial charge in [-0.15, -0.1) is 11.3 Å². The molecule has 2 aromatic rings. The molecule has 0 spiro atoms. The Morgan fingerprint density at radius 3 is 2.76 bits per heavy atom. The van der Waals surface area contributed by atoms with Crippen LogP contribution in [0.1, 0.15) is 54.8 Å². The highest BCUT2D eigenvalue weighted by atomic mass is 32.1. The number of anilines is 1. The molecule has 1 fully saturated rings. The number of methoxy groups -OCH3 is 1. The lowest BCUT2D eigenvalue weighted by Crippen LogP contribution is -2.47. The maximum atomic E-state index is 13.3. The van der Waals surface area contributed by atoms with Crippen LogP contribution in [0.4, 0.5) is 5.13 Å². The van der Waals surface area contributed by atoms with Crippen molar-refractivity contribution < 1.29 is 14.3 Å². The Morgan fingerprint density at radius 1 is 1.34 bits per heavy atom. The molecule has 1 N–H and O–H groups in total. The van der Waals surface area contributed by atoms with Gasteiger partial charge < -0.3 is 15.0 Å². The van der Waals surface area contributed by atoms with Crippen molar-refractivity contribution in [3.8, 4) is 5.75 Å². The summed E-state index contributed by atoms with van der Waals surface area (Å²) in [7, 11) is 1.62. The van der Waals surface area contributed by atoms with Gasteiger partial charge in [-0.1, -0.05) is 31.5 Å². The van der Waals surface area contributed by atoms with E-state index in [4.69, 9.17) is 4.74 Å². The van der Waals surface area contributed by atoms with Gasteiger partial charge in [-0.25, -0.2) is 4.98 Å². The number of hydrogen-bond acceptors (Lipinski definition) is 5. The Balaban J connectivity index is 1.95. The molecule has 3 rings (SSSR count). The number of para-hydroxylation sites is 1. The molecule has 156 valence electrons. The highest BCUT2D eigenvalue weighted by Gasteiger charge is 2.41. The molecule has 0 aliphatic carbocycles. The zero-order valence-corrected chi connectivity index (χ0v) is 18.3. The lowest BCUT2D eigenvalue weighted by Gasteiger charge is -2.41. The van der Waals surface area contributed by atoms with E-state index in [2.05, 4.69) is 17.2 Å². The van der Waals surface area contributed by atoms with E-state index in [1.54, 1.807) is 7.11 Å². The third-order valence-corrected chi connectivity index (χ3v) is 6.50. The fourth-order valence-corrected chi connectivity index (χ4v) is 4.66. The van der Waals surface area contributed by atoms with E-state index in [1.165, 1.54) is 11.3 Å². The topological polar surface area (TPSA) is 71.5 Å². The first kappa shape index (κ1) is 21.3. The fourth-order valence-electron chi connectivity index (χ4n) is 3.84. The summed E-state index contributed by atoms with van der Waals surface area (Å²) >= 11 is 1.48. The van der Waals surface area contributed by atoms with E-state index < -0.39 is 0 Å². The summed E-state index contributed by atoms with van der Waals surface area (Å²) in [5.74, 6) is 0.348. The summed E-state index contributed by atoms with van der Waals surface area (Å²) in [5.41, 5.74) is 1.81. The summed E-state index contributed by atoms with van der Waals surface area (Å²) in [5, 5.41) is 3.60. The standard InChI is InChI=1S/C22H29N3O3S/c1-5-6-13-25-19(26)12-11-17(20(25)16-9-7-8-10-18(16)28-4)21(27)24-22-23-14(2)15(3)29-22/h7-10,17,20H,5-6,11-13H2,1-4H3,(H,23,24,27). The Labute approximate surface area is 176 Å². The lowest BCUT2D eigenvalue weighted by atomic mass is 9.83. The highest BCUT2D eigenvalue weighted by Crippen LogP contribution is 2.41. The van der Waals surface area contributed by atoms with Crippen LogP contribution in [0.15, 0.2) is 24.3 Å². The van der Waals surface area contributed by atoms with Crippen molar-refractivity contribution in [2.75, 3.05) is 19.0 Å². The minimum atomic E-state index is -0.356. The maximum absolute atomic E-state index is 13.3. The zero-order valence-electron chi connectivity index (χ0n) is 17.5. The average Bonchev–Trinajstić information content (AvgIpc) is 3.03. The molecule has 2 atom stereocenters. The van der Waals surface area contributed by atoms with E-state index in [0.717, 1.165) is 29.0 Å². The van der Waals surface area contributed by atoms with Gasteiger partial charge in [-0.3, -0.25) is 9.59 Å². The van der Waals surface area contributed by atoms with Crippen LogP contribution >= 0.6 is 11.3 Å². The number of thiazole rings is 1. The molecule has 6 nitrogen and oxygen atoms in total. The molecule has 2 unspecified atom stereocenters. The van der Waals surface area contributed by atoms with Gasteiger partial charge in [0.25, 0.3) is 0 Å². The van der Waals surface area contributed by atoms with Crippen LogP contribution in [0, 0.1) is 19.8 Å². The molecule has 1 aromatic carbocycles. The maximum Gasteiger partial charge on any atom is 0.231 e. The second-order valence-corrected chi connectivity index (χ2v) is 8.63. The molecule has 29 heavy (non-hydrogen) atoms. The van der Waals surface area contributed by atoms with Crippen molar-refractivity contribution in [1.29, 1.82) is 0 Å². The number of carbonyl (C=O) groups excluding carboxylic acids is 2. The van der Waals surface area contributed by atoms with Crippen molar-refractivity contribution in [3.63, 3.8) is 0 Å². The molecule has 0 radical (unpaired) electrons. The molecular weight excluding hydrogens is 386 g/mol. The van der Waals surface area contributed by atoms with Gasteiger partial charge in [0.15, 0.2) is 5.13 Å². The molecule has 1 aliphatic heterocycles. The number of aromatic nitrogens is 1. The first-order valence-electron chi connectivity index (χ1n) is 10.1. The summed E-state index contributed by atoms with van der Waals surface area (Å²) in [6, 6.07) is 7.33. The highest BCUT2D eigenvalue weighted by molar-refractivity contribution is 7.15. The summed E-state index contributed by atoms with van der Waals surface area (Å²) in [6.45, 7) is 6.66. The molecule has 1 aromatic heterocycles. The average molecular weight is 416 g/mol. The van der Waals surface area contributed by atoms with Gasteiger partial charge in [-0.05, 0) is 32.8 Å². The van der Waals surface area contributed by atoms with Gasteiger partial charge in [-0.2, -0.15) is 0 Å². The van der Waals surface area contributed by atoms with E-state index in [0.29, 0.717) is 30.3 Å². The molecule has 1 saturated heterocycles. The monoisotopic (exact) mass is 415 g/mol. The van der Waals surface area contributed by atoms with Crippen molar-refractivity contribution in [2.45, 2.75) is 52.5 Å². The number of hydrogen-bond donors (Lipinski definition) is 1. The Morgan fingerprint density at radius 2 is 2.10 bits per heavy atom. The number of amides is 2. The molecular formula is C22H29N3O3S. The first-order valence-corrected chi connectivity index (χ1v) is 10.9. The minimum absolute atomic E-state index is 0.0938. The van der Waals surface area contributed by atoms with Gasteiger partial charge in [0.2, 0.25) is 11.8 Å². The first-order chi connectivity index (χ1) is 14.0. The molecule has 0 saturated carbocycles. The molecule has 2 heterocycles. The third kappa shape index (κ3) is 4.61. The smallest absolute Gasteiger partial charge is 0.231 e. The van der Waals surface area contributed by atoms with E-state index in [1.807, 2.05) is 43.0 Å². The quantitative estimate of drug-likeness (QED) is 0.723. The number of unbranched alkanes of at least 4 members (excludes halogenated alkanes) is 1. The number of aryl methyl sites for hydroxylation is 2.